The number of ether oxygens (including phenoxy) is 1. The number of carbonyl (C=O) groups is 2. The van der Waals surface area contributed by atoms with E-state index in [9.17, 15) is 9.59 Å². The van der Waals surface area contributed by atoms with E-state index in [1.807, 2.05) is 68.4 Å². The summed E-state index contributed by atoms with van der Waals surface area (Å²) in [6.07, 6.45) is 0.670. The van der Waals surface area contributed by atoms with Crippen LogP contribution in [-0.2, 0) is 17.8 Å². The van der Waals surface area contributed by atoms with Gasteiger partial charge in [0.05, 0.1) is 0 Å². The number of carbonyl (C=O) groups excluding carboxylic acids is 1. The molecule has 2 amide bonds. The summed E-state index contributed by atoms with van der Waals surface area (Å²) in [4.78, 5) is 29.1. The average molecular weight is 440 g/mol. The summed E-state index contributed by atoms with van der Waals surface area (Å²) in [5.41, 5.74) is 1.87. The summed E-state index contributed by atoms with van der Waals surface area (Å²) in [6, 6.07) is 16.2. The van der Waals surface area contributed by atoms with Crippen molar-refractivity contribution in [2.75, 3.05) is 5.32 Å². The Morgan fingerprint density at radius 2 is 1.77 bits per heavy atom. The van der Waals surface area contributed by atoms with Crippen molar-refractivity contribution in [1.82, 2.24) is 10.3 Å². The van der Waals surface area contributed by atoms with Gasteiger partial charge in [0.25, 0.3) is 0 Å². The standard InChI is InChI=1S/C23H25N3O4S/c1-15(2)20-13-24-22(31-20)26-21(27)19(25-23(28)29)12-16-8-10-18(11-9-16)30-14-17-6-4-3-5-7-17/h3-11,13,15,19,25H,12,14H2,1-2H3,(H,28,29)(H,24,26,27)/t19-/m0/s1. The van der Waals surface area contributed by atoms with Gasteiger partial charge in [0.1, 0.15) is 18.4 Å². The van der Waals surface area contributed by atoms with E-state index in [-0.39, 0.29) is 6.42 Å². The van der Waals surface area contributed by atoms with Crippen LogP contribution in [0, 0.1) is 0 Å². The minimum atomic E-state index is -1.26. The number of nitrogens with zero attached hydrogens (tertiary/aromatic N) is 1. The molecule has 1 atom stereocenters. The molecule has 162 valence electrons. The molecule has 0 saturated heterocycles. The fraction of sp³-hybridized carbons (Fsp3) is 0.261. The molecule has 8 heteroatoms. The molecule has 3 N–H and O–H groups in total. The number of hydrogen-bond acceptors (Lipinski definition) is 5. The zero-order chi connectivity index (χ0) is 22.2. The predicted molar refractivity (Wildman–Crippen MR) is 121 cm³/mol. The number of hydrogen-bond donors (Lipinski definition) is 3. The smallest absolute Gasteiger partial charge is 0.405 e. The molecule has 0 spiro atoms. The summed E-state index contributed by atoms with van der Waals surface area (Å²) in [5, 5.41) is 14.6. The number of anilines is 1. The fourth-order valence-electron chi connectivity index (χ4n) is 2.86. The van der Waals surface area contributed by atoms with Gasteiger partial charge in [0.2, 0.25) is 5.91 Å². The first-order chi connectivity index (χ1) is 14.9. The summed E-state index contributed by atoms with van der Waals surface area (Å²) >= 11 is 1.38. The first kappa shape index (κ1) is 22.3. The zero-order valence-electron chi connectivity index (χ0n) is 17.4. The Labute approximate surface area is 185 Å². The number of aromatic nitrogens is 1. The van der Waals surface area contributed by atoms with Crippen LogP contribution in [0.1, 0.15) is 35.8 Å². The number of benzene rings is 2. The van der Waals surface area contributed by atoms with Gasteiger partial charge < -0.3 is 20.5 Å². The van der Waals surface area contributed by atoms with Crippen LogP contribution in [0.5, 0.6) is 5.75 Å². The van der Waals surface area contributed by atoms with E-state index in [1.165, 1.54) is 11.3 Å². The first-order valence-electron chi connectivity index (χ1n) is 9.92. The van der Waals surface area contributed by atoms with Crippen LogP contribution in [0.4, 0.5) is 9.93 Å². The maximum Gasteiger partial charge on any atom is 0.405 e. The minimum Gasteiger partial charge on any atom is -0.489 e. The molecule has 2 aromatic carbocycles. The quantitative estimate of drug-likeness (QED) is 0.450. The van der Waals surface area contributed by atoms with Crippen LogP contribution >= 0.6 is 11.3 Å². The fourth-order valence-corrected chi connectivity index (χ4v) is 3.68. The second-order valence-electron chi connectivity index (χ2n) is 7.34. The van der Waals surface area contributed by atoms with E-state index in [1.54, 1.807) is 6.20 Å². The van der Waals surface area contributed by atoms with Gasteiger partial charge in [-0.15, -0.1) is 11.3 Å². The molecular weight excluding hydrogens is 414 g/mol. The third kappa shape index (κ3) is 6.82. The van der Waals surface area contributed by atoms with E-state index >= 15 is 0 Å². The van der Waals surface area contributed by atoms with Crippen molar-refractivity contribution in [2.45, 2.75) is 38.8 Å². The van der Waals surface area contributed by atoms with Crippen molar-refractivity contribution < 1.29 is 19.4 Å². The molecule has 1 heterocycles. The van der Waals surface area contributed by atoms with E-state index in [4.69, 9.17) is 9.84 Å². The molecule has 0 aliphatic heterocycles. The van der Waals surface area contributed by atoms with Crippen LogP contribution in [0.15, 0.2) is 60.8 Å². The largest absolute Gasteiger partial charge is 0.489 e. The van der Waals surface area contributed by atoms with E-state index in [0.717, 1.165) is 16.0 Å². The average Bonchev–Trinajstić information content (AvgIpc) is 3.22. The molecule has 7 nitrogen and oxygen atoms in total. The van der Waals surface area contributed by atoms with Crippen molar-refractivity contribution in [3.05, 3.63) is 76.8 Å². The topological polar surface area (TPSA) is 101 Å². The van der Waals surface area contributed by atoms with Crippen LogP contribution in [-0.4, -0.2) is 28.1 Å². The Morgan fingerprint density at radius 1 is 1.06 bits per heavy atom. The molecule has 1 aromatic heterocycles. The Kier molecular flexibility index (Phi) is 7.61. The van der Waals surface area contributed by atoms with Crippen LogP contribution < -0.4 is 15.4 Å². The number of nitrogens with one attached hydrogen (secondary N) is 2. The van der Waals surface area contributed by atoms with Crippen molar-refractivity contribution >= 4 is 28.5 Å². The van der Waals surface area contributed by atoms with Crippen LogP contribution in [0.2, 0.25) is 0 Å². The summed E-state index contributed by atoms with van der Waals surface area (Å²) in [5.74, 6) is 0.555. The maximum absolute atomic E-state index is 12.7. The molecule has 0 radical (unpaired) electrons. The Morgan fingerprint density at radius 3 is 2.39 bits per heavy atom. The van der Waals surface area contributed by atoms with Crippen molar-refractivity contribution in [3.63, 3.8) is 0 Å². The molecule has 3 aromatic rings. The predicted octanol–water partition coefficient (Wildman–Crippen LogP) is 4.66. The molecule has 31 heavy (non-hydrogen) atoms. The van der Waals surface area contributed by atoms with Crippen LogP contribution in [0.3, 0.4) is 0 Å². The van der Waals surface area contributed by atoms with Gasteiger partial charge in [-0.25, -0.2) is 9.78 Å². The van der Waals surface area contributed by atoms with Gasteiger partial charge >= 0.3 is 6.09 Å². The Hall–Kier alpha value is -3.39. The number of carboxylic acid groups (broad SMARTS) is 1. The highest BCUT2D eigenvalue weighted by Gasteiger charge is 2.22. The monoisotopic (exact) mass is 439 g/mol. The molecule has 0 saturated carbocycles. The normalized spacial score (nSPS) is 11.7. The highest BCUT2D eigenvalue weighted by molar-refractivity contribution is 7.15. The third-order valence-corrected chi connectivity index (χ3v) is 5.76. The lowest BCUT2D eigenvalue weighted by Gasteiger charge is -2.16. The second kappa shape index (κ2) is 10.6. The van der Waals surface area contributed by atoms with Crippen LogP contribution in [0.25, 0.3) is 0 Å². The minimum absolute atomic E-state index is 0.208. The Bertz CT molecular complexity index is 1000. The SMILES string of the molecule is CC(C)c1cnc(NC(=O)[C@H](Cc2ccc(OCc3ccccc3)cc2)NC(=O)O)s1. The van der Waals surface area contributed by atoms with Gasteiger partial charge in [0.15, 0.2) is 5.13 Å². The first-order valence-corrected chi connectivity index (χ1v) is 10.7. The lowest BCUT2D eigenvalue weighted by atomic mass is 10.1. The molecular formula is C23H25N3O4S. The van der Waals surface area contributed by atoms with Crippen molar-refractivity contribution in [3.8, 4) is 5.75 Å². The van der Waals surface area contributed by atoms with Gasteiger partial charge in [-0.3, -0.25) is 4.79 Å². The molecule has 0 bridgehead atoms. The molecule has 0 unspecified atom stereocenters. The van der Waals surface area contributed by atoms with Crippen molar-refractivity contribution in [2.24, 2.45) is 0 Å². The molecule has 3 rings (SSSR count). The number of rotatable bonds is 9. The highest BCUT2D eigenvalue weighted by Crippen LogP contribution is 2.25. The van der Waals surface area contributed by atoms with Crippen molar-refractivity contribution in [1.29, 1.82) is 0 Å². The Balaban J connectivity index is 1.61. The van der Waals surface area contributed by atoms with Gasteiger partial charge in [0, 0.05) is 17.5 Å². The highest BCUT2D eigenvalue weighted by atomic mass is 32.1. The van der Waals surface area contributed by atoms with Gasteiger partial charge in [-0.1, -0.05) is 56.3 Å². The van der Waals surface area contributed by atoms with E-state index in [2.05, 4.69) is 15.6 Å². The number of thiazole rings is 1. The number of amides is 2. The van der Waals surface area contributed by atoms with Gasteiger partial charge in [-0.05, 0) is 29.2 Å². The summed E-state index contributed by atoms with van der Waals surface area (Å²) in [6.45, 7) is 4.54. The van der Waals surface area contributed by atoms with E-state index in [0.29, 0.717) is 23.4 Å². The lowest BCUT2D eigenvalue weighted by molar-refractivity contribution is -0.118. The zero-order valence-corrected chi connectivity index (χ0v) is 18.2. The molecule has 0 aliphatic rings. The van der Waals surface area contributed by atoms with Gasteiger partial charge in [-0.2, -0.15) is 0 Å². The lowest BCUT2D eigenvalue weighted by Crippen LogP contribution is -2.44. The summed E-state index contributed by atoms with van der Waals surface area (Å²) in [7, 11) is 0. The van der Waals surface area contributed by atoms with E-state index < -0.39 is 18.0 Å². The molecule has 0 fully saturated rings. The summed E-state index contributed by atoms with van der Waals surface area (Å²) < 4.78 is 5.77. The second-order valence-corrected chi connectivity index (χ2v) is 8.40. The maximum atomic E-state index is 12.7. The third-order valence-electron chi connectivity index (χ3n) is 4.55. The molecule has 0 aliphatic carbocycles.